The van der Waals surface area contributed by atoms with Gasteiger partial charge < -0.3 is 5.32 Å². The van der Waals surface area contributed by atoms with Crippen molar-refractivity contribution < 1.29 is 4.92 Å². The molecule has 104 valence electrons. The largest absolute Gasteiger partial charge is 0.370 e. The Kier molecular flexibility index (Phi) is 4.42. The smallest absolute Gasteiger partial charge is 0.295 e. The van der Waals surface area contributed by atoms with Gasteiger partial charge in [-0.25, -0.2) is 4.98 Å². The molecule has 1 aromatic carbocycles. The lowest BCUT2D eigenvalue weighted by atomic mass is 10.1. The third kappa shape index (κ3) is 3.00. The molecule has 0 saturated heterocycles. The van der Waals surface area contributed by atoms with Gasteiger partial charge in [0.25, 0.3) is 5.69 Å². The summed E-state index contributed by atoms with van der Waals surface area (Å²) in [4.78, 5) is 14.9. The average Bonchev–Trinajstić information content (AvgIpc) is 2.38. The van der Waals surface area contributed by atoms with E-state index in [4.69, 9.17) is 23.2 Å². The molecule has 0 aliphatic carbocycles. The van der Waals surface area contributed by atoms with Crippen molar-refractivity contribution in [2.75, 3.05) is 11.9 Å². The first-order valence-electron chi connectivity index (χ1n) is 5.87. The fourth-order valence-electron chi connectivity index (χ4n) is 1.76. The Morgan fingerprint density at radius 3 is 2.65 bits per heavy atom. The third-order valence-corrected chi connectivity index (χ3v) is 3.16. The number of nitrogens with zero attached hydrogens (tertiary/aromatic N) is 2. The molecule has 0 bridgehead atoms. The Morgan fingerprint density at radius 2 is 2.05 bits per heavy atom. The van der Waals surface area contributed by atoms with Crippen LogP contribution in [0.5, 0.6) is 0 Å². The predicted octanol–water partition coefficient (Wildman–Crippen LogP) is 4.40. The van der Waals surface area contributed by atoms with Gasteiger partial charge in [0.2, 0.25) is 0 Å². The predicted molar refractivity (Wildman–Crippen MR) is 80.5 cm³/mol. The summed E-state index contributed by atoms with van der Waals surface area (Å²) in [6, 6.07) is 7.74. The lowest BCUT2D eigenvalue weighted by Gasteiger charge is -2.08. The minimum absolute atomic E-state index is 0.101. The van der Waals surface area contributed by atoms with Crippen molar-refractivity contribution in [1.29, 1.82) is 0 Å². The van der Waals surface area contributed by atoms with Crippen LogP contribution in [0, 0.1) is 10.1 Å². The highest BCUT2D eigenvalue weighted by Gasteiger charge is 2.19. The van der Waals surface area contributed by atoms with Crippen molar-refractivity contribution in [3.8, 4) is 11.3 Å². The van der Waals surface area contributed by atoms with E-state index in [1.54, 1.807) is 18.2 Å². The lowest BCUT2D eigenvalue weighted by molar-refractivity contribution is -0.384. The Bertz CT molecular complexity index is 662. The maximum Gasteiger partial charge on any atom is 0.295 e. The van der Waals surface area contributed by atoms with E-state index in [0.717, 1.165) is 0 Å². The van der Waals surface area contributed by atoms with E-state index in [9.17, 15) is 10.1 Å². The SMILES string of the molecule is CCNc1ccc([N+](=O)[O-])c(-c2ccc(Cl)cc2Cl)n1. The number of pyridine rings is 1. The van der Waals surface area contributed by atoms with Gasteiger partial charge in [0, 0.05) is 23.2 Å². The number of halogens is 2. The summed E-state index contributed by atoms with van der Waals surface area (Å²) in [7, 11) is 0. The highest BCUT2D eigenvalue weighted by Crippen LogP contribution is 2.35. The van der Waals surface area contributed by atoms with Gasteiger partial charge in [0.1, 0.15) is 5.82 Å². The van der Waals surface area contributed by atoms with Gasteiger partial charge >= 0.3 is 0 Å². The fourth-order valence-corrected chi connectivity index (χ4v) is 2.26. The zero-order chi connectivity index (χ0) is 14.7. The Hall–Kier alpha value is -1.85. The molecule has 5 nitrogen and oxygen atoms in total. The van der Waals surface area contributed by atoms with Crippen LogP contribution in [0.2, 0.25) is 10.0 Å². The van der Waals surface area contributed by atoms with Crippen LogP contribution >= 0.6 is 23.2 Å². The minimum Gasteiger partial charge on any atom is -0.370 e. The molecule has 7 heteroatoms. The normalized spacial score (nSPS) is 10.3. The van der Waals surface area contributed by atoms with E-state index in [0.29, 0.717) is 28.0 Å². The first-order valence-corrected chi connectivity index (χ1v) is 6.63. The molecular formula is C13H11Cl2N3O2. The molecule has 0 fully saturated rings. The Balaban J connectivity index is 2.62. The summed E-state index contributed by atoms with van der Waals surface area (Å²) < 4.78 is 0. The monoisotopic (exact) mass is 311 g/mol. The molecular weight excluding hydrogens is 301 g/mol. The van der Waals surface area contributed by atoms with E-state index in [2.05, 4.69) is 10.3 Å². The number of hydrogen-bond acceptors (Lipinski definition) is 4. The molecule has 0 amide bonds. The number of benzene rings is 1. The molecule has 1 aromatic heterocycles. The van der Waals surface area contributed by atoms with Gasteiger partial charge in [-0.1, -0.05) is 23.2 Å². The molecule has 0 unspecified atom stereocenters. The summed E-state index contributed by atoms with van der Waals surface area (Å²) in [5.41, 5.74) is 0.591. The Morgan fingerprint density at radius 1 is 1.30 bits per heavy atom. The zero-order valence-corrected chi connectivity index (χ0v) is 12.1. The molecule has 0 spiro atoms. The second kappa shape index (κ2) is 6.07. The average molecular weight is 312 g/mol. The van der Waals surface area contributed by atoms with Crippen LogP contribution < -0.4 is 5.32 Å². The van der Waals surface area contributed by atoms with Crippen LogP contribution in [-0.4, -0.2) is 16.5 Å². The first-order chi connectivity index (χ1) is 9.52. The Labute approximate surface area is 125 Å². The standard InChI is InChI=1S/C13H11Cl2N3O2/c1-2-16-12-6-5-11(18(19)20)13(17-12)9-4-3-8(14)7-10(9)15/h3-7H,2H2,1H3,(H,16,17). The van der Waals surface area contributed by atoms with Crippen molar-refractivity contribution in [2.45, 2.75) is 6.92 Å². The van der Waals surface area contributed by atoms with Crippen molar-refractivity contribution >= 4 is 34.7 Å². The molecule has 0 radical (unpaired) electrons. The minimum atomic E-state index is -0.483. The topological polar surface area (TPSA) is 68.1 Å². The molecule has 0 aliphatic rings. The summed E-state index contributed by atoms with van der Waals surface area (Å²) in [5, 5.41) is 14.9. The number of anilines is 1. The number of nitro groups is 1. The van der Waals surface area contributed by atoms with Gasteiger partial charge in [-0.05, 0) is 31.2 Å². The summed E-state index contributed by atoms with van der Waals surface area (Å²) in [5.74, 6) is 0.555. The van der Waals surface area contributed by atoms with Crippen LogP contribution in [0.1, 0.15) is 6.92 Å². The van der Waals surface area contributed by atoms with Gasteiger partial charge in [-0.3, -0.25) is 10.1 Å². The van der Waals surface area contributed by atoms with Crippen molar-refractivity contribution in [2.24, 2.45) is 0 Å². The lowest BCUT2D eigenvalue weighted by Crippen LogP contribution is -2.02. The summed E-state index contributed by atoms with van der Waals surface area (Å²) in [6.45, 7) is 2.58. The van der Waals surface area contributed by atoms with Crippen LogP contribution in [0.3, 0.4) is 0 Å². The maximum atomic E-state index is 11.1. The van der Waals surface area contributed by atoms with E-state index < -0.39 is 4.92 Å². The molecule has 1 N–H and O–H groups in total. The number of nitrogens with one attached hydrogen (secondary N) is 1. The molecule has 2 aromatic rings. The van der Waals surface area contributed by atoms with Crippen LogP contribution in [0.15, 0.2) is 30.3 Å². The van der Waals surface area contributed by atoms with Crippen molar-refractivity contribution in [1.82, 2.24) is 4.98 Å². The van der Waals surface area contributed by atoms with Crippen molar-refractivity contribution in [3.63, 3.8) is 0 Å². The van der Waals surface area contributed by atoms with Gasteiger partial charge in [-0.2, -0.15) is 0 Å². The molecule has 2 rings (SSSR count). The number of hydrogen-bond donors (Lipinski definition) is 1. The van der Waals surface area contributed by atoms with Crippen LogP contribution in [-0.2, 0) is 0 Å². The highest BCUT2D eigenvalue weighted by molar-refractivity contribution is 6.36. The van der Waals surface area contributed by atoms with Crippen LogP contribution in [0.25, 0.3) is 11.3 Å². The second-order valence-corrected chi connectivity index (χ2v) is 4.82. The number of rotatable bonds is 4. The molecule has 1 heterocycles. The molecule has 0 saturated carbocycles. The summed E-state index contributed by atoms with van der Waals surface area (Å²) >= 11 is 11.9. The highest BCUT2D eigenvalue weighted by atomic mass is 35.5. The maximum absolute atomic E-state index is 11.1. The van der Waals surface area contributed by atoms with Crippen molar-refractivity contribution in [3.05, 3.63) is 50.5 Å². The molecule has 0 atom stereocenters. The van der Waals surface area contributed by atoms with E-state index >= 15 is 0 Å². The molecule has 20 heavy (non-hydrogen) atoms. The third-order valence-electron chi connectivity index (χ3n) is 2.61. The molecule has 0 aliphatic heterocycles. The second-order valence-electron chi connectivity index (χ2n) is 3.98. The zero-order valence-electron chi connectivity index (χ0n) is 10.6. The summed E-state index contributed by atoms with van der Waals surface area (Å²) in [6.07, 6.45) is 0. The van der Waals surface area contributed by atoms with Gasteiger partial charge in [0.05, 0.1) is 9.95 Å². The van der Waals surface area contributed by atoms with Gasteiger partial charge in [-0.15, -0.1) is 0 Å². The number of aromatic nitrogens is 1. The van der Waals surface area contributed by atoms with E-state index in [1.807, 2.05) is 6.92 Å². The van der Waals surface area contributed by atoms with E-state index in [-0.39, 0.29) is 11.4 Å². The van der Waals surface area contributed by atoms with Crippen LogP contribution in [0.4, 0.5) is 11.5 Å². The van der Waals surface area contributed by atoms with E-state index in [1.165, 1.54) is 12.1 Å². The fraction of sp³-hybridized carbons (Fsp3) is 0.154. The first kappa shape index (κ1) is 14.6. The quantitative estimate of drug-likeness (QED) is 0.671. The van der Waals surface area contributed by atoms with Gasteiger partial charge in [0.15, 0.2) is 5.69 Å².